The molecule has 0 amide bonds. The minimum Gasteiger partial charge on any atom is -0.406 e. The zero-order valence-corrected chi connectivity index (χ0v) is 10.3. The molecule has 0 aliphatic heterocycles. The average Bonchev–Trinajstić information content (AvgIpc) is 2.58. The lowest BCUT2D eigenvalue weighted by Crippen LogP contribution is -2.16. The van der Waals surface area contributed by atoms with Gasteiger partial charge in [-0.1, -0.05) is 0 Å². The van der Waals surface area contributed by atoms with Gasteiger partial charge in [-0.05, 0) is 31.2 Å². The third-order valence-electron chi connectivity index (χ3n) is 2.36. The van der Waals surface area contributed by atoms with E-state index in [-0.39, 0.29) is 5.75 Å². The number of aromatic nitrogens is 2. The minimum atomic E-state index is -4.67. The molecule has 4 nitrogen and oxygen atoms in total. The lowest BCUT2D eigenvalue weighted by atomic mass is 10.3. The second-order valence-corrected chi connectivity index (χ2v) is 3.99. The molecule has 0 saturated carbocycles. The molecular weight excluding hydrogens is 259 g/mol. The number of nitrogens with one attached hydrogen (secondary N) is 1. The summed E-state index contributed by atoms with van der Waals surface area (Å²) in [6.45, 7) is 1.85. The number of hydrogen-bond donors (Lipinski definition) is 1. The highest BCUT2D eigenvalue weighted by Crippen LogP contribution is 2.25. The number of halogens is 3. The molecule has 102 valence electrons. The van der Waals surface area contributed by atoms with Crippen molar-refractivity contribution < 1.29 is 17.9 Å². The summed E-state index contributed by atoms with van der Waals surface area (Å²) in [4.78, 5) is 0. The van der Waals surface area contributed by atoms with Crippen LogP contribution in [0, 0.1) is 6.92 Å². The summed E-state index contributed by atoms with van der Waals surface area (Å²) in [7, 11) is 1.77. The van der Waals surface area contributed by atoms with Crippen molar-refractivity contribution in [2.45, 2.75) is 13.3 Å². The van der Waals surface area contributed by atoms with E-state index in [0.717, 1.165) is 11.5 Å². The molecule has 0 atom stereocenters. The van der Waals surface area contributed by atoms with Crippen LogP contribution in [0.15, 0.2) is 30.3 Å². The molecule has 7 heteroatoms. The monoisotopic (exact) mass is 271 g/mol. The normalized spacial score (nSPS) is 11.4. The van der Waals surface area contributed by atoms with E-state index in [2.05, 4.69) is 15.2 Å². The molecule has 0 fully saturated rings. The summed E-state index contributed by atoms with van der Waals surface area (Å²) >= 11 is 0. The molecule has 1 N–H and O–H groups in total. The Labute approximate surface area is 107 Å². The van der Waals surface area contributed by atoms with Crippen LogP contribution < -0.4 is 10.1 Å². The average molecular weight is 271 g/mol. The standard InChI is InChI=1S/C12H12F3N3O/c1-8-7-11(18(2)17-8)16-9-3-5-10(6-4-9)19-12(13,14)15/h3-7,16H,1-2H3. The molecular formula is C12H12F3N3O. The van der Waals surface area contributed by atoms with E-state index >= 15 is 0 Å². The molecule has 1 heterocycles. The SMILES string of the molecule is Cc1cc(Nc2ccc(OC(F)(F)F)cc2)n(C)n1. The summed E-state index contributed by atoms with van der Waals surface area (Å²) < 4.78 is 41.4. The largest absolute Gasteiger partial charge is 0.573 e. The molecule has 1 aromatic carbocycles. The first kappa shape index (κ1) is 13.3. The molecule has 0 aliphatic carbocycles. The van der Waals surface area contributed by atoms with Crippen molar-refractivity contribution in [1.29, 1.82) is 0 Å². The van der Waals surface area contributed by atoms with Crippen molar-refractivity contribution in [2.24, 2.45) is 7.05 Å². The van der Waals surface area contributed by atoms with Crippen LogP contribution in [0.2, 0.25) is 0 Å². The predicted octanol–water partition coefficient (Wildman–Crippen LogP) is 3.37. The van der Waals surface area contributed by atoms with Gasteiger partial charge in [0.15, 0.2) is 0 Å². The van der Waals surface area contributed by atoms with Gasteiger partial charge in [-0.3, -0.25) is 4.68 Å². The second kappa shape index (κ2) is 4.83. The van der Waals surface area contributed by atoms with E-state index in [1.807, 2.05) is 13.0 Å². The van der Waals surface area contributed by atoms with Crippen LogP contribution in [-0.4, -0.2) is 16.1 Å². The topological polar surface area (TPSA) is 39.1 Å². The molecule has 0 saturated heterocycles. The Hall–Kier alpha value is -2.18. The maximum Gasteiger partial charge on any atom is 0.573 e. The quantitative estimate of drug-likeness (QED) is 0.930. The van der Waals surface area contributed by atoms with E-state index in [1.165, 1.54) is 24.3 Å². The van der Waals surface area contributed by atoms with Crippen LogP contribution in [0.4, 0.5) is 24.7 Å². The third-order valence-corrected chi connectivity index (χ3v) is 2.36. The fourth-order valence-electron chi connectivity index (χ4n) is 1.62. The number of hydrogen-bond acceptors (Lipinski definition) is 3. The Morgan fingerprint density at radius 2 is 1.84 bits per heavy atom. The zero-order chi connectivity index (χ0) is 14.0. The van der Waals surface area contributed by atoms with E-state index in [4.69, 9.17) is 0 Å². The van der Waals surface area contributed by atoms with Gasteiger partial charge in [-0.2, -0.15) is 5.10 Å². The van der Waals surface area contributed by atoms with E-state index in [9.17, 15) is 13.2 Å². The van der Waals surface area contributed by atoms with Crippen LogP contribution in [0.3, 0.4) is 0 Å². The Kier molecular flexibility index (Phi) is 3.37. The lowest BCUT2D eigenvalue weighted by molar-refractivity contribution is -0.274. The van der Waals surface area contributed by atoms with Gasteiger partial charge in [0, 0.05) is 18.8 Å². The van der Waals surface area contributed by atoms with Crippen molar-refractivity contribution in [3.05, 3.63) is 36.0 Å². The predicted molar refractivity (Wildman–Crippen MR) is 64.4 cm³/mol. The van der Waals surface area contributed by atoms with Gasteiger partial charge >= 0.3 is 6.36 Å². The highest BCUT2D eigenvalue weighted by atomic mass is 19.4. The number of aryl methyl sites for hydroxylation is 2. The molecule has 0 unspecified atom stereocenters. The molecule has 19 heavy (non-hydrogen) atoms. The smallest absolute Gasteiger partial charge is 0.406 e. The van der Waals surface area contributed by atoms with Gasteiger partial charge < -0.3 is 10.1 Å². The first-order valence-electron chi connectivity index (χ1n) is 5.47. The van der Waals surface area contributed by atoms with Crippen molar-refractivity contribution in [3.8, 4) is 5.75 Å². The molecule has 2 aromatic rings. The maximum absolute atomic E-state index is 12.0. The number of anilines is 2. The highest BCUT2D eigenvalue weighted by Gasteiger charge is 2.30. The van der Waals surface area contributed by atoms with Crippen LogP contribution in [0.5, 0.6) is 5.75 Å². The summed E-state index contributed by atoms with van der Waals surface area (Å²) in [5.74, 6) is 0.501. The second-order valence-electron chi connectivity index (χ2n) is 3.99. The van der Waals surface area contributed by atoms with Gasteiger partial charge in [0.05, 0.1) is 5.69 Å². The number of rotatable bonds is 3. The van der Waals surface area contributed by atoms with Crippen molar-refractivity contribution in [2.75, 3.05) is 5.32 Å². The van der Waals surface area contributed by atoms with Crippen LogP contribution >= 0.6 is 0 Å². The first-order chi connectivity index (χ1) is 8.83. The van der Waals surface area contributed by atoms with E-state index in [1.54, 1.807) is 11.7 Å². The number of benzene rings is 1. The maximum atomic E-state index is 12.0. The fraction of sp³-hybridized carbons (Fsp3) is 0.250. The minimum absolute atomic E-state index is 0.251. The van der Waals surface area contributed by atoms with Gasteiger partial charge in [-0.15, -0.1) is 13.2 Å². The molecule has 0 aliphatic rings. The summed E-state index contributed by atoms with van der Waals surface area (Å²) in [5.41, 5.74) is 1.50. The Bertz CT molecular complexity index is 561. The van der Waals surface area contributed by atoms with Crippen LogP contribution in [0.25, 0.3) is 0 Å². The highest BCUT2D eigenvalue weighted by molar-refractivity contribution is 5.57. The molecule has 0 spiro atoms. The Morgan fingerprint density at radius 3 is 2.32 bits per heavy atom. The first-order valence-corrected chi connectivity index (χ1v) is 5.47. The Balaban J connectivity index is 2.09. The number of alkyl halides is 3. The van der Waals surface area contributed by atoms with Gasteiger partial charge in [0.1, 0.15) is 11.6 Å². The fourth-order valence-corrected chi connectivity index (χ4v) is 1.62. The molecule has 1 aromatic heterocycles. The summed E-state index contributed by atoms with van der Waals surface area (Å²) in [6, 6.07) is 7.34. The van der Waals surface area contributed by atoms with Crippen LogP contribution in [-0.2, 0) is 7.05 Å². The van der Waals surface area contributed by atoms with Crippen molar-refractivity contribution >= 4 is 11.5 Å². The number of nitrogens with zero attached hydrogens (tertiary/aromatic N) is 2. The van der Waals surface area contributed by atoms with E-state index in [0.29, 0.717) is 5.69 Å². The number of ether oxygens (including phenoxy) is 1. The van der Waals surface area contributed by atoms with Crippen LogP contribution in [0.1, 0.15) is 5.69 Å². The van der Waals surface area contributed by atoms with Crippen molar-refractivity contribution in [1.82, 2.24) is 9.78 Å². The summed E-state index contributed by atoms with van der Waals surface area (Å²) in [5, 5.41) is 7.20. The zero-order valence-electron chi connectivity index (χ0n) is 10.3. The molecule has 0 radical (unpaired) electrons. The van der Waals surface area contributed by atoms with Gasteiger partial charge in [0.2, 0.25) is 0 Å². The van der Waals surface area contributed by atoms with E-state index < -0.39 is 6.36 Å². The van der Waals surface area contributed by atoms with Crippen molar-refractivity contribution in [3.63, 3.8) is 0 Å². The summed E-state index contributed by atoms with van der Waals surface area (Å²) in [6.07, 6.45) is -4.67. The lowest BCUT2D eigenvalue weighted by Gasteiger charge is -2.10. The van der Waals surface area contributed by atoms with Gasteiger partial charge in [-0.25, -0.2) is 0 Å². The third kappa shape index (κ3) is 3.64. The molecule has 2 rings (SSSR count). The Morgan fingerprint density at radius 1 is 1.21 bits per heavy atom. The van der Waals surface area contributed by atoms with Gasteiger partial charge in [0.25, 0.3) is 0 Å². The molecule has 0 bridgehead atoms.